The zero-order valence-electron chi connectivity index (χ0n) is 16.1. The number of benzene rings is 3. The normalized spacial score (nSPS) is 15.9. The van der Waals surface area contributed by atoms with Gasteiger partial charge in [0.2, 0.25) is 0 Å². The van der Waals surface area contributed by atoms with Gasteiger partial charge in [0.25, 0.3) is 10.1 Å². The number of rotatable bonds is 4. The first kappa shape index (κ1) is 18.7. The van der Waals surface area contributed by atoms with E-state index < -0.39 is 10.1 Å². The quantitative estimate of drug-likeness (QED) is 0.586. The summed E-state index contributed by atoms with van der Waals surface area (Å²) in [6, 6.07) is 19.6. The van der Waals surface area contributed by atoms with Gasteiger partial charge in [0.05, 0.1) is 7.11 Å². The Labute approximate surface area is 165 Å². The summed E-state index contributed by atoms with van der Waals surface area (Å²) in [6.45, 7) is 3.99. The van der Waals surface area contributed by atoms with Gasteiger partial charge in [-0.05, 0) is 31.0 Å². The molecule has 0 fully saturated rings. The van der Waals surface area contributed by atoms with Gasteiger partial charge >= 0.3 is 0 Å². The van der Waals surface area contributed by atoms with Gasteiger partial charge in [0, 0.05) is 17.5 Å². The van der Waals surface area contributed by atoms with Gasteiger partial charge in [-0.25, -0.2) is 0 Å². The summed E-state index contributed by atoms with van der Waals surface area (Å²) < 4.78 is 35.9. The SMILES string of the molecule is COS(=O)(=O)c1ccc(C)cc1C1Cc2cccc(-c3ccc(C)cc3)c2O1. The van der Waals surface area contributed by atoms with Crippen LogP contribution in [-0.2, 0) is 20.7 Å². The molecule has 1 aliphatic rings. The van der Waals surface area contributed by atoms with Crippen molar-refractivity contribution in [3.8, 4) is 16.9 Å². The van der Waals surface area contributed by atoms with Crippen LogP contribution in [0.4, 0.5) is 0 Å². The molecule has 0 aromatic heterocycles. The first-order valence-corrected chi connectivity index (χ1v) is 10.6. The Kier molecular flexibility index (Phi) is 4.73. The second kappa shape index (κ2) is 7.08. The molecule has 3 aromatic carbocycles. The van der Waals surface area contributed by atoms with E-state index in [2.05, 4.69) is 31.2 Å². The van der Waals surface area contributed by atoms with E-state index in [1.165, 1.54) is 12.7 Å². The van der Waals surface area contributed by atoms with Crippen LogP contribution in [0.15, 0.2) is 65.6 Å². The van der Waals surface area contributed by atoms with E-state index >= 15 is 0 Å². The molecule has 0 saturated carbocycles. The van der Waals surface area contributed by atoms with Gasteiger partial charge in [-0.2, -0.15) is 8.42 Å². The monoisotopic (exact) mass is 394 g/mol. The van der Waals surface area contributed by atoms with Gasteiger partial charge in [-0.1, -0.05) is 65.7 Å². The van der Waals surface area contributed by atoms with Crippen LogP contribution in [0.25, 0.3) is 11.1 Å². The van der Waals surface area contributed by atoms with Gasteiger partial charge < -0.3 is 4.74 Å². The zero-order chi connectivity index (χ0) is 19.9. The van der Waals surface area contributed by atoms with Crippen molar-refractivity contribution in [1.29, 1.82) is 0 Å². The lowest BCUT2D eigenvalue weighted by Gasteiger charge is -2.17. The van der Waals surface area contributed by atoms with E-state index in [-0.39, 0.29) is 11.0 Å². The molecular formula is C23H22O4S. The highest BCUT2D eigenvalue weighted by Crippen LogP contribution is 2.44. The fourth-order valence-electron chi connectivity index (χ4n) is 3.64. The number of hydrogen-bond donors (Lipinski definition) is 0. The Balaban J connectivity index is 1.77. The summed E-state index contributed by atoms with van der Waals surface area (Å²) in [5.41, 5.74) is 5.98. The maximum atomic E-state index is 12.4. The van der Waals surface area contributed by atoms with Crippen LogP contribution in [0, 0.1) is 13.8 Å². The van der Waals surface area contributed by atoms with Crippen LogP contribution in [0.2, 0.25) is 0 Å². The van der Waals surface area contributed by atoms with Gasteiger partial charge in [0.15, 0.2) is 0 Å². The van der Waals surface area contributed by atoms with Crippen LogP contribution in [-0.4, -0.2) is 15.5 Å². The second-order valence-corrected chi connectivity index (χ2v) is 8.81. The van der Waals surface area contributed by atoms with E-state index in [0.717, 1.165) is 28.0 Å². The third-order valence-corrected chi connectivity index (χ3v) is 6.47. The Morgan fingerprint density at radius 3 is 2.39 bits per heavy atom. The number of fused-ring (bicyclic) bond motifs is 1. The molecule has 0 bridgehead atoms. The third-order valence-electron chi connectivity index (χ3n) is 5.13. The molecule has 0 amide bonds. The Morgan fingerprint density at radius 2 is 1.68 bits per heavy atom. The average molecular weight is 394 g/mol. The number of aryl methyl sites for hydroxylation is 2. The summed E-state index contributed by atoms with van der Waals surface area (Å²) in [5, 5.41) is 0. The molecule has 28 heavy (non-hydrogen) atoms. The summed E-state index contributed by atoms with van der Waals surface area (Å²) in [6.07, 6.45) is 0.242. The predicted molar refractivity (Wildman–Crippen MR) is 109 cm³/mol. The van der Waals surface area contributed by atoms with Gasteiger partial charge in [0.1, 0.15) is 16.7 Å². The maximum absolute atomic E-state index is 12.4. The molecule has 0 radical (unpaired) electrons. The van der Waals surface area contributed by atoms with E-state index in [1.807, 2.05) is 31.2 Å². The molecule has 1 aliphatic heterocycles. The number of ether oxygens (including phenoxy) is 1. The highest BCUT2D eigenvalue weighted by Gasteiger charge is 2.31. The molecule has 0 N–H and O–H groups in total. The molecule has 1 heterocycles. The van der Waals surface area contributed by atoms with Crippen LogP contribution >= 0.6 is 0 Å². The van der Waals surface area contributed by atoms with Crippen LogP contribution in [0.3, 0.4) is 0 Å². The molecule has 0 saturated heterocycles. The summed E-state index contributed by atoms with van der Waals surface area (Å²) in [7, 11) is -2.64. The lowest BCUT2D eigenvalue weighted by Crippen LogP contribution is -2.12. The fourth-order valence-corrected chi connectivity index (χ4v) is 4.53. The minimum absolute atomic E-state index is 0.162. The summed E-state index contributed by atoms with van der Waals surface area (Å²) in [4.78, 5) is 0.162. The van der Waals surface area contributed by atoms with Crippen LogP contribution < -0.4 is 4.74 Å². The Morgan fingerprint density at radius 1 is 0.964 bits per heavy atom. The molecule has 1 atom stereocenters. The lowest BCUT2D eigenvalue weighted by molar-refractivity contribution is 0.235. The molecule has 4 rings (SSSR count). The second-order valence-electron chi connectivity index (χ2n) is 7.13. The van der Waals surface area contributed by atoms with Crippen molar-refractivity contribution in [2.45, 2.75) is 31.3 Å². The molecule has 1 unspecified atom stereocenters. The predicted octanol–water partition coefficient (Wildman–Crippen LogP) is 4.98. The zero-order valence-corrected chi connectivity index (χ0v) is 16.9. The van der Waals surface area contributed by atoms with Crippen molar-refractivity contribution in [3.63, 3.8) is 0 Å². The van der Waals surface area contributed by atoms with Crippen molar-refractivity contribution in [2.75, 3.05) is 7.11 Å². The van der Waals surface area contributed by atoms with E-state index in [0.29, 0.717) is 12.0 Å². The first-order chi connectivity index (χ1) is 13.4. The van der Waals surface area contributed by atoms with Crippen LogP contribution in [0.1, 0.15) is 28.4 Å². The minimum Gasteiger partial charge on any atom is -0.484 e. The molecular weight excluding hydrogens is 372 g/mol. The van der Waals surface area contributed by atoms with Gasteiger partial charge in [-0.3, -0.25) is 4.18 Å². The summed E-state index contributed by atoms with van der Waals surface area (Å²) >= 11 is 0. The minimum atomic E-state index is -3.82. The topological polar surface area (TPSA) is 52.6 Å². The standard InChI is InChI=1S/C23H22O4S/c1-15-7-10-17(11-8-15)19-6-4-5-18-14-21(27-23(18)19)20-13-16(2)9-12-22(20)28(24,25)26-3/h4-13,21H,14H2,1-3H3. The van der Waals surface area contributed by atoms with Crippen molar-refractivity contribution in [3.05, 3.63) is 82.9 Å². The Hall–Kier alpha value is -2.63. The maximum Gasteiger partial charge on any atom is 0.297 e. The highest BCUT2D eigenvalue weighted by molar-refractivity contribution is 7.86. The smallest absolute Gasteiger partial charge is 0.297 e. The van der Waals surface area contributed by atoms with E-state index in [9.17, 15) is 8.42 Å². The molecule has 5 heteroatoms. The van der Waals surface area contributed by atoms with Crippen LogP contribution in [0.5, 0.6) is 5.75 Å². The summed E-state index contributed by atoms with van der Waals surface area (Å²) in [5.74, 6) is 0.818. The Bertz CT molecular complexity index is 1130. The van der Waals surface area contributed by atoms with E-state index in [4.69, 9.17) is 8.92 Å². The highest BCUT2D eigenvalue weighted by atomic mass is 32.2. The van der Waals surface area contributed by atoms with Crippen molar-refractivity contribution >= 4 is 10.1 Å². The van der Waals surface area contributed by atoms with Crippen molar-refractivity contribution in [1.82, 2.24) is 0 Å². The van der Waals surface area contributed by atoms with E-state index in [1.54, 1.807) is 12.1 Å². The van der Waals surface area contributed by atoms with Crippen molar-refractivity contribution in [2.24, 2.45) is 0 Å². The van der Waals surface area contributed by atoms with Gasteiger partial charge in [-0.15, -0.1) is 0 Å². The molecule has 144 valence electrons. The average Bonchev–Trinajstić information content (AvgIpc) is 3.13. The van der Waals surface area contributed by atoms with Crippen molar-refractivity contribution < 1.29 is 17.3 Å². The first-order valence-electron chi connectivity index (χ1n) is 9.16. The molecule has 4 nitrogen and oxygen atoms in total. The fraction of sp³-hybridized carbons (Fsp3) is 0.217. The lowest BCUT2D eigenvalue weighted by atomic mass is 9.98. The molecule has 0 aliphatic carbocycles. The molecule has 3 aromatic rings. The number of para-hydroxylation sites is 1. The largest absolute Gasteiger partial charge is 0.484 e. The third kappa shape index (κ3) is 3.32. The molecule has 0 spiro atoms. The number of hydrogen-bond acceptors (Lipinski definition) is 4.